The summed E-state index contributed by atoms with van der Waals surface area (Å²) in [5.74, 6) is 1.57. The molecule has 1 unspecified atom stereocenters. The van der Waals surface area contributed by atoms with Crippen molar-refractivity contribution >= 4 is 5.69 Å². The lowest BCUT2D eigenvalue weighted by atomic mass is 9.96. The van der Waals surface area contributed by atoms with Crippen LogP contribution in [0.4, 0.5) is 5.69 Å². The standard InChI is InChI=1S/C21H27N5O/c1-6-16-12-10-11-15(3)19(16)26-20(23-24-25-26)21(4,7-2)22-17-13-8-9-14-18(17)27-5/h8-14,22H,6-7H2,1-5H3. The molecule has 0 amide bonds. The van der Waals surface area contributed by atoms with Gasteiger partial charge in [0.2, 0.25) is 0 Å². The normalized spacial score (nSPS) is 13.2. The highest BCUT2D eigenvalue weighted by molar-refractivity contribution is 5.58. The molecule has 0 aliphatic rings. The Kier molecular flexibility index (Phi) is 5.44. The Morgan fingerprint density at radius 2 is 1.89 bits per heavy atom. The van der Waals surface area contributed by atoms with Gasteiger partial charge in [0, 0.05) is 0 Å². The molecule has 0 saturated carbocycles. The molecule has 3 rings (SSSR count). The van der Waals surface area contributed by atoms with E-state index in [2.05, 4.69) is 66.7 Å². The second-order valence-electron chi connectivity index (χ2n) is 6.86. The lowest BCUT2D eigenvalue weighted by molar-refractivity contribution is 0.411. The molecule has 27 heavy (non-hydrogen) atoms. The van der Waals surface area contributed by atoms with Crippen molar-refractivity contribution < 1.29 is 4.74 Å². The van der Waals surface area contributed by atoms with Gasteiger partial charge in [0.1, 0.15) is 5.75 Å². The topological polar surface area (TPSA) is 64.9 Å². The first kappa shape index (κ1) is 18.9. The van der Waals surface area contributed by atoms with Gasteiger partial charge in [-0.05, 0) is 60.4 Å². The van der Waals surface area contributed by atoms with Gasteiger partial charge in [0.05, 0.1) is 24.0 Å². The van der Waals surface area contributed by atoms with Crippen molar-refractivity contribution in [1.29, 1.82) is 0 Å². The first-order valence-electron chi connectivity index (χ1n) is 9.33. The van der Waals surface area contributed by atoms with Gasteiger partial charge >= 0.3 is 0 Å². The van der Waals surface area contributed by atoms with E-state index in [0.717, 1.165) is 41.4 Å². The molecule has 6 nitrogen and oxygen atoms in total. The number of benzene rings is 2. The Bertz CT molecular complexity index is 920. The number of nitrogens with zero attached hydrogens (tertiary/aromatic N) is 4. The van der Waals surface area contributed by atoms with E-state index in [-0.39, 0.29) is 0 Å². The zero-order chi connectivity index (χ0) is 19.4. The van der Waals surface area contributed by atoms with Crippen LogP contribution < -0.4 is 10.1 Å². The van der Waals surface area contributed by atoms with E-state index in [1.54, 1.807) is 7.11 Å². The number of ether oxygens (including phenoxy) is 1. The van der Waals surface area contributed by atoms with E-state index in [1.807, 2.05) is 28.9 Å². The molecule has 3 aromatic rings. The molecular formula is C21H27N5O. The monoisotopic (exact) mass is 365 g/mol. The SMILES string of the molecule is CCc1cccc(C)c1-n1nnnc1C(C)(CC)Nc1ccccc1OC. The molecule has 0 radical (unpaired) electrons. The number of aryl methyl sites for hydroxylation is 2. The van der Waals surface area contributed by atoms with Crippen LogP contribution in [-0.2, 0) is 12.0 Å². The molecule has 0 bridgehead atoms. The van der Waals surface area contributed by atoms with E-state index < -0.39 is 5.54 Å². The van der Waals surface area contributed by atoms with Crippen molar-refractivity contribution in [3.05, 3.63) is 59.4 Å². The molecule has 2 aromatic carbocycles. The zero-order valence-electron chi connectivity index (χ0n) is 16.7. The van der Waals surface area contributed by atoms with Crippen LogP contribution in [0.3, 0.4) is 0 Å². The van der Waals surface area contributed by atoms with Gasteiger partial charge in [-0.2, -0.15) is 4.68 Å². The number of hydrogen-bond acceptors (Lipinski definition) is 5. The van der Waals surface area contributed by atoms with Crippen molar-refractivity contribution in [2.45, 2.75) is 46.1 Å². The fourth-order valence-electron chi connectivity index (χ4n) is 3.34. The summed E-state index contributed by atoms with van der Waals surface area (Å²) in [4.78, 5) is 0. The molecule has 1 atom stereocenters. The maximum Gasteiger partial charge on any atom is 0.181 e. The van der Waals surface area contributed by atoms with Crippen LogP contribution in [0.2, 0.25) is 0 Å². The third-order valence-corrected chi connectivity index (χ3v) is 5.10. The summed E-state index contributed by atoms with van der Waals surface area (Å²) in [6.07, 6.45) is 1.72. The summed E-state index contributed by atoms with van der Waals surface area (Å²) in [5, 5.41) is 16.4. The van der Waals surface area contributed by atoms with Gasteiger partial charge in [-0.1, -0.05) is 44.2 Å². The Hall–Kier alpha value is -2.89. The van der Waals surface area contributed by atoms with E-state index in [9.17, 15) is 0 Å². The van der Waals surface area contributed by atoms with Crippen LogP contribution in [0.5, 0.6) is 5.75 Å². The van der Waals surface area contributed by atoms with Crippen LogP contribution >= 0.6 is 0 Å². The highest BCUT2D eigenvalue weighted by atomic mass is 16.5. The van der Waals surface area contributed by atoms with Gasteiger partial charge < -0.3 is 10.1 Å². The molecular weight excluding hydrogens is 338 g/mol. The summed E-state index contributed by atoms with van der Waals surface area (Å²) >= 11 is 0. The van der Waals surface area contributed by atoms with Crippen molar-refractivity contribution in [1.82, 2.24) is 20.2 Å². The number of aromatic nitrogens is 4. The van der Waals surface area contributed by atoms with Crippen molar-refractivity contribution in [2.24, 2.45) is 0 Å². The van der Waals surface area contributed by atoms with Gasteiger partial charge in [0.25, 0.3) is 0 Å². The molecule has 0 saturated heterocycles. The molecule has 1 aromatic heterocycles. The van der Waals surface area contributed by atoms with Crippen molar-refractivity contribution in [3.63, 3.8) is 0 Å². The van der Waals surface area contributed by atoms with Gasteiger partial charge in [-0.25, -0.2) is 0 Å². The second kappa shape index (κ2) is 7.78. The molecule has 0 fully saturated rings. The number of nitrogens with one attached hydrogen (secondary N) is 1. The van der Waals surface area contributed by atoms with Crippen LogP contribution in [0.15, 0.2) is 42.5 Å². The second-order valence-corrected chi connectivity index (χ2v) is 6.86. The smallest absolute Gasteiger partial charge is 0.181 e. The third kappa shape index (κ3) is 3.52. The predicted molar refractivity (Wildman–Crippen MR) is 108 cm³/mol. The largest absolute Gasteiger partial charge is 0.495 e. The maximum atomic E-state index is 5.50. The molecule has 0 spiro atoms. The molecule has 0 aliphatic carbocycles. The number of para-hydroxylation sites is 3. The fourth-order valence-corrected chi connectivity index (χ4v) is 3.34. The number of hydrogen-bond donors (Lipinski definition) is 1. The van der Waals surface area contributed by atoms with Gasteiger partial charge in [-0.15, -0.1) is 5.10 Å². The van der Waals surface area contributed by atoms with Crippen molar-refractivity contribution in [3.8, 4) is 11.4 Å². The zero-order valence-corrected chi connectivity index (χ0v) is 16.7. The third-order valence-electron chi connectivity index (χ3n) is 5.10. The lowest BCUT2D eigenvalue weighted by Gasteiger charge is -2.30. The Morgan fingerprint density at radius 3 is 2.59 bits per heavy atom. The van der Waals surface area contributed by atoms with Crippen LogP contribution in [-0.4, -0.2) is 27.3 Å². The molecule has 6 heteroatoms. The predicted octanol–water partition coefficient (Wildman–Crippen LogP) is 4.28. The Balaban J connectivity index is 2.10. The van der Waals surface area contributed by atoms with Crippen LogP contribution in [0.25, 0.3) is 5.69 Å². The molecule has 1 heterocycles. The van der Waals surface area contributed by atoms with E-state index >= 15 is 0 Å². The maximum absolute atomic E-state index is 5.50. The summed E-state index contributed by atoms with van der Waals surface area (Å²) in [5.41, 5.74) is 3.88. The first-order valence-corrected chi connectivity index (χ1v) is 9.33. The number of anilines is 1. The van der Waals surface area contributed by atoms with Gasteiger partial charge in [0.15, 0.2) is 5.82 Å². The first-order chi connectivity index (χ1) is 13.0. The molecule has 1 N–H and O–H groups in total. The lowest BCUT2D eigenvalue weighted by Crippen LogP contribution is -2.35. The molecule has 0 aliphatic heterocycles. The van der Waals surface area contributed by atoms with Gasteiger partial charge in [-0.3, -0.25) is 0 Å². The average molecular weight is 365 g/mol. The minimum Gasteiger partial charge on any atom is -0.495 e. The highest BCUT2D eigenvalue weighted by Gasteiger charge is 2.33. The minimum absolute atomic E-state index is 0.467. The minimum atomic E-state index is -0.467. The van der Waals surface area contributed by atoms with E-state index in [0.29, 0.717) is 0 Å². The van der Waals surface area contributed by atoms with E-state index in [1.165, 1.54) is 5.56 Å². The summed E-state index contributed by atoms with van der Waals surface area (Å²) in [6.45, 7) is 8.48. The summed E-state index contributed by atoms with van der Waals surface area (Å²) < 4.78 is 7.38. The van der Waals surface area contributed by atoms with Crippen LogP contribution in [0, 0.1) is 6.92 Å². The Labute approximate surface area is 160 Å². The highest BCUT2D eigenvalue weighted by Crippen LogP contribution is 2.34. The summed E-state index contributed by atoms with van der Waals surface area (Å²) in [6, 6.07) is 14.2. The Morgan fingerprint density at radius 1 is 1.11 bits per heavy atom. The number of rotatable bonds is 7. The average Bonchev–Trinajstić information content (AvgIpc) is 3.18. The summed E-state index contributed by atoms with van der Waals surface area (Å²) in [7, 11) is 1.68. The van der Waals surface area contributed by atoms with Crippen LogP contribution in [0.1, 0.15) is 44.1 Å². The molecule has 142 valence electrons. The fraction of sp³-hybridized carbons (Fsp3) is 0.381. The number of methoxy groups -OCH3 is 1. The quantitative estimate of drug-likeness (QED) is 0.677. The van der Waals surface area contributed by atoms with E-state index in [4.69, 9.17) is 4.74 Å². The number of tetrazole rings is 1. The van der Waals surface area contributed by atoms with Crippen molar-refractivity contribution in [2.75, 3.05) is 12.4 Å².